The predicted octanol–water partition coefficient (Wildman–Crippen LogP) is 2.91. The van der Waals surface area contributed by atoms with Crippen LogP contribution in [0.4, 0.5) is 5.82 Å². The summed E-state index contributed by atoms with van der Waals surface area (Å²) in [7, 11) is 0. The first kappa shape index (κ1) is 20.6. The van der Waals surface area contributed by atoms with Crippen molar-refractivity contribution < 1.29 is 9.59 Å². The first-order chi connectivity index (χ1) is 14.1. The van der Waals surface area contributed by atoms with E-state index in [0.29, 0.717) is 6.54 Å². The van der Waals surface area contributed by atoms with Gasteiger partial charge in [-0.3, -0.25) is 9.59 Å². The maximum atomic E-state index is 12.4. The first-order valence-corrected chi connectivity index (χ1v) is 10.1. The number of nitrogens with zero attached hydrogens (tertiary/aromatic N) is 2. The minimum absolute atomic E-state index is 0.222. The van der Waals surface area contributed by atoms with Crippen molar-refractivity contribution in [2.45, 2.75) is 38.8 Å². The van der Waals surface area contributed by atoms with Crippen LogP contribution in [0.3, 0.4) is 0 Å². The van der Waals surface area contributed by atoms with Crippen molar-refractivity contribution in [2.75, 3.05) is 18.0 Å². The standard InChI is InChI=1S/C23H28N4O2/c1-18(26-21(28)13-12-19-9-4-2-5-10-19)23(29)25-17-20-11-8-14-24-22(20)27-15-6-3-7-16-27/h2,4-5,8-14,18H,3,6-7,15-17H2,1H3,(H,25,29)(H,26,28)/b13-12+. The van der Waals surface area contributed by atoms with Crippen LogP contribution in [0.15, 0.2) is 54.7 Å². The smallest absolute Gasteiger partial charge is 0.244 e. The molecule has 2 amide bonds. The van der Waals surface area contributed by atoms with Gasteiger partial charge in [0, 0.05) is 37.5 Å². The Labute approximate surface area is 172 Å². The summed E-state index contributed by atoms with van der Waals surface area (Å²) < 4.78 is 0. The van der Waals surface area contributed by atoms with E-state index in [9.17, 15) is 9.59 Å². The Hall–Kier alpha value is -3.15. The number of amides is 2. The molecule has 29 heavy (non-hydrogen) atoms. The van der Waals surface area contributed by atoms with Crippen LogP contribution in [0.2, 0.25) is 0 Å². The monoisotopic (exact) mass is 392 g/mol. The van der Waals surface area contributed by atoms with Gasteiger partial charge in [0.1, 0.15) is 11.9 Å². The summed E-state index contributed by atoms with van der Waals surface area (Å²) in [5.41, 5.74) is 1.92. The second kappa shape index (κ2) is 10.4. The van der Waals surface area contributed by atoms with E-state index in [-0.39, 0.29) is 11.8 Å². The number of carbonyl (C=O) groups is 2. The molecule has 0 spiro atoms. The summed E-state index contributed by atoms with van der Waals surface area (Å²) in [5.74, 6) is 0.418. The molecule has 0 radical (unpaired) electrons. The van der Waals surface area contributed by atoms with Gasteiger partial charge in [-0.1, -0.05) is 36.4 Å². The summed E-state index contributed by atoms with van der Waals surface area (Å²) in [5, 5.41) is 5.61. The highest BCUT2D eigenvalue weighted by Crippen LogP contribution is 2.21. The van der Waals surface area contributed by atoms with Crippen LogP contribution < -0.4 is 15.5 Å². The number of carbonyl (C=O) groups excluding carboxylic acids is 2. The van der Waals surface area contributed by atoms with Gasteiger partial charge in [0.25, 0.3) is 0 Å². The van der Waals surface area contributed by atoms with Gasteiger partial charge in [-0.05, 0) is 43.9 Å². The molecular weight excluding hydrogens is 364 g/mol. The second-order valence-corrected chi connectivity index (χ2v) is 7.23. The lowest BCUT2D eigenvalue weighted by atomic mass is 10.1. The fraction of sp³-hybridized carbons (Fsp3) is 0.348. The van der Waals surface area contributed by atoms with Gasteiger partial charge >= 0.3 is 0 Å². The highest BCUT2D eigenvalue weighted by atomic mass is 16.2. The summed E-state index contributed by atoms with van der Waals surface area (Å²) in [6.45, 7) is 4.06. The normalized spacial score (nSPS) is 15.1. The zero-order chi connectivity index (χ0) is 20.5. The van der Waals surface area contributed by atoms with Crippen molar-refractivity contribution in [1.29, 1.82) is 0 Å². The fourth-order valence-corrected chi connectivity index (χ4v) is 3.36. The molecule has 152 valence electrons. The highest BCUT2D eigenvalue weighted by molar-refractivity contribution is 5.95. The van der Waals surface area contributed by atoms with E-state index in [1.165, 1.54) is 25.3 Å². The van der Waals surface area contributed by atoms with Crippen LogP contribution in [0.1, 0.15) is 37.3 Å². The number of piperidine rings is 1. The van der Waals surface area contributed by atoms with Crippen molar-refractivity contribution >= 4 is 23.7 Å². The van der Waals surface area contributed by atoms with E-state index in [1.54, 1.807) is 19.2 Å². The van der Waals surface area contributed by atoms with Gasteiger partial charge in [-0.2, -0.15) is 0 Å². The highest BCUT2D eigenvalue weighted by Gasteiger charge is 2.18. The molecule has 0 aliphatic carbocycles. The molecule has 1 unspecified atom stereocenters. The average molecular weight is 393 g/mol. The van der Waals surface area contributed by atoms with Crippen LogP contribution in [0, 0.1) is 0 Å². The Balaban J connectivity index is 1.51. The van der Waals surface area contributed by atoms with Gasteiger partial charge in [0.15, 0.2) is 0 Å². The van der Waals surface area contributed by atoms with Gasteiger partial charge in [0.05, 0.1) is 0 Å². The Morgan fingerprint density at radius 1 is 1.10 bits per heavy atom. The Morgan fingerprint density at radius 3 is 2.62 bits per heavy atom. The molecule has 1 aliphatic rings. The minimum Gasteiger partial charge on any atom is -0.356 e. The average Bonchev–Trinajstić information content (AvgIpc) is 2.77. The maximum Gasteiger partial charge on any atom is 0.244 e. The largest absolute Gasteiger partial charge is 0.356 e. The van der Waals surface area contributed by atoms with E-state index in [4.69, 9.17) is 0 Å². The maximum absolute atomic E-state index is 12.4. The van der Waals surface area contributed by atoms with Crippen LogP contribution in [-0.2, 0) is 16.1 Å². The lowest BCUT2D eigenvalue weighted by molar-refractivity contribution is -0.126. The quantitative estimate of drug-likeness (QED) is 0.711. The van der Waals surface area contributed by atoms with Gasteiger partial charge in [0.2, 0.25) is 11.8 Å². The van der Waals surface area contributed by atoms with E-state index in [1.807, 2.05) is 42.5 Å². The number of aromatic nitrogens is 1. The predicted molar refractivity (Wildman–Crippen MR) is 115 cm³/mol. The third-order valence-corrected chi connectivity index (χ3v) is 4.95. The summed E-state index contributed by atoms with van der Waals surface area (Å²) in [4.78, 5) is 31.3. The number of anilines is 1. The molecule has 1 aromatic heterocycles. The fourth-order valence-electron chi connectivity index (χ4n) is 3.36. The lowest BCUT2D eigenvalue weighted by Gasteiger charge is -2.29. The van der Waals surface area contributed by atoms with Crippen molar-refractivity contribution in [1.82, 2.24) is 15.6 Å². The lowest BCUT2D eigenvalue weighted by Crippen LogP contribution is -2.44. The van der Waals surface area contributed by atoms with Crippen molar-refractivity contribution in [3.05, 3.63) is 65.9 Å². The molecule has 1 aromatic carbocycles. The Bertz CT molecular complexity index is 845. The van der Waals surface area contributed by atoms with Gasteiger partial charge in [-0.25, -0.2) is 4.98 Å². The van der Waals surface area contributed by atoms with Crippen LogP contribution >= 0.6 is 0 Å². The zero-order valence-corrected chi connectivity index (χ0v) is 16.8. The van der Waals surface area contributed by atoms with E-state index in [2.05, 4.69) is 20.5 Å². The summed E-state index contributed by atoms with van der Waals surface area (Å²) >= 11 is 0. The SMILES string of the molecule is CC(NC(=O)/C=C/c1ccccc1)C(=O)NCc1cccnc1N1CCCCC1. The minimum atomic E-state index is -0.627. The number of rotatable bonds is 7. The number of hydrogen-bond donors (Lipinski definition) is 2. The summed E-state index contributed by atoms with van der Waals surface area (Å²) in [6, 6.07) is 12.8. The van der Waals surface area contributed by atoms with Crippen molar-refractivity contribution in [3.63, 3.8) is 0 Å². The molecule has 0 saturated carbocycles. The molecule has 1 aliphatic heterocycles. The molecule has 2 heterocycles. The van der Waals surface area contributed by atoms with E-state index >= 15 is 0 Å². The van der Waals surface area contributed by atoms with Gasteiger partial charge < -0.3 is 15.5 Å². The summed E-state index contributed by atoms with van der Waals surface area (Å²) in [6.07, 6.45) is 8.54. The molecular formula is C23H28N4O2. The van der Waals surface area contributed by atoms with Crippen molar-refractivity contribution in [3.8, 4) is 0 Å². The molecule has 1 fully saturated rings. The number of pyridine rings is 1. The molecule has 1 saturated heterocycles. The number of hydrogen-bond acceptors (Lipinski definition) is 4. The van der Waals surface area contributed by atoms with Crippen molar-refractivity contribution in [2.24, 2.45) is 0 Å². The van der Waals surface area contributed by atoms with Crippen LogP contribution in [0.25, 0.3) is 6.08 Å². The Kier molecular flexibility index (Phi) is 7.39. The van der Waals surface area contributed by atoms with Crippen LogP contribution in [0.5, 0.6) is 0 Å². The van der Waals surface area contributed by atoms with Gasteiger partial charge in [-0.15, -0.1) is 0 Å². The van der Waals surface area contributed by atoms with Crippen LogP contribution in [-0.4, -0.2) is 35.9 Å². The second-order valence-electron chi connectivity index (χ2n) is 7.23. The number of benzene rings is 1. The first-order valence-electron chi connectivity index (χ1n) is 10.1. The molecule has 6 nitrogen and oxygen atoms in total. The zero-order valence-electron chi connectivity index (χ0n) is 16.8. The molecule has 2 N–H and O–H groups in total. The molecule has 6 heteroatoms. The molecule has 3 rings (SSSR count). The third kappa shape index (κ3) is 6.17. The third-order valence-electron chi connectivity index (χ3n) is 4.95. The molecule has 2 aromatic rings. The molecule has 1 atom stereocenters. The van der Waals surface area contributed by atoms with E-state index < -0.39 is 6.04 Å². The number of nitrogens with one attached hydrogen (secondary N) is 2. The molecule has 0 bridgehead atoms. The van der Waals surface area contributed by atoms with E-state index in [0.717, 1.165) is 30.0 Å². The Morgan fingerprint density at radius 2 is 1.86 bits per heavy atom. The topological polar surface area (TPSA) is 74.3 Å².